The molecule has 0 radical (unpaired) electrons. The molecule has 0 unspecified atom stereocenters. The molecule has 170 valence electrons. The van der Waals surface area contributed by atoms with E-state index in [0.29, 0.717) is 33.9 Å². The zero-order chi connectivity index (χ0) is 23.8. The van der Waals surface area contributed by atoms with Crippen LogP contribution in [0.5, 0.6) is 17.2 Å². The molecule has 0 aromatic heterocycles. The largest absolute Gasteiger partial charge is 0.496 e. The lowest BCUT2D eigenvalue weighted by atomic mass is 10.2. The number of hydrogen-bond donors (Lipinski definition) is 1. The number of nitrogens with one attached hydrogen (secondary N) is 1. The van der Waals surface area contributed by atoms with Gasteiger partial charge in [-0.3, -0.25) is 14.9 Å². The molecule has 10 heteroatoms. The molecule has 33 heavy (non-hydrogen) atoms. The first kappa shape index (κ1) is 24.0. The monoisotopic (exact) mass is 561 g/mol. The van der Waals surface area contributed by atoms with E-state index in [1.54, 1.807) is 55.6 Å². The average molecular weight is 561 g/mol. The van der Waals surface area contributed by atoms with Gasteiger partial charge >= 0.3 is 0 Å². The number of hydrazone groups is 1. The number of nitro benzene ring substituents is 1. The van der Waals surface area contributed by atoms with Crippen molar-refractivity contribution in [3.63, 3.8) is 0 Å². The molecule has 1 N–H and O–H groups in total. The Labute approximate surface area is 203 Å². The number of carbonyl (C=O) groups excluding carboxylic acids is 1. The summed E-state index contributed by atoms with van der Waals surface area (Å²) in [6, 6.07) is 16.5. The van der Waals surface area contributed by atoms with E-state index in [-0.39, 0.29) is 18.2 Å². The van der Waals surface area contributed by atoms with Gasteiger partial charge in [0.1, 0.15) is 12.4 Å². The maximum absolute atomic E-state index is 12.3. The van der Waals surface area contributed by atoms with Gasteiger partial charge in [-0.25, -0.2) is 5.43 Å². The Bertz CT molecular complexity index is 1200. The summed E-state index contributed by atoms with van der Waals surface area (Å²) in [5, 5.41) is 14.9. The number of non-ortho nitro benzene ring substituents is 1. The first-order valence-corrected chi connectivity index (χ1v) is 10.7. The Balaban J connectivity index is 1.64. The molecular formula is C23H20IN3O6. The number of rotatable bonds is 9. The third-order valence-electron chi connectivity index (χ3n) is 4.50. The zero-order valence-electron chi connectivity index (χ0n) is 17.8. The molecule has 1 amide bonds. The van der Waals surface area contributed by atoms with Crippen molar-refractivity contribution in [3.05, 3.63) is 91.0 Å². The highest BCUT2D eigenvalue weighted by molar-refractivity contribution is 14.1. The lowest BCUT2D eigenvalue weighted by Crippen LogP contribution is -2.17. The van der Waals surface area contributed by atoms with Gasteiger partial charge in [-0.2, -0.15) is 5.10 Å². The molecule has 0 aliphatic carbocycles. The van der Waals surface area contributed by atoms with Crippen LogP contribution in [0.4, 0.5) is 5.69 Å². The molecule has 0 heterocycles. The summed E-state index contributed by atoms with van der Waals surface area (Å²) in [5.41, 5.74) is 4.24. The fourth-order valence-corrected chi connectivity index (χ4v) is 3.39. The van der Waals surface area contributed by atoms with Crippen molar-refractivity contribution in [1.29, 1.82) is 0 Å². The second kappa shape index (κ2) is 11.3. The van der Waals surface area contributed by atoms with Crippen LogP contribution in [-0.4, -0.2) is 31.3 Å². The smallest absolute Gasteiger partial charge is 0.271 e. The van der Waals surface area contributed by atoms with Crippen LogP contribution in [0.25, 0.3) is 0 Å². The summed E-state index contributed by atoms with van der Waals surface area (Å²) in [5.74, 6) is 1.16. The van der Waals surface area contributed by atoms with Gasteiger partial charge in [-0.05, 0) is 70.1 Å². The molecule has 0 aliphatic rings. The minimum atomic E-state index is -0.452. The van der Waals surface area contributed by atoms with E-state index in [0.717, 1.165) is 3.57 Å². The molecule has 3 aromatic carbocycles. The number of ether oxygens (including phenoxy) is 3. The molecule has 0 spiro atoms. The minimum absolute atomic E-state index is 0.000327. The second-order valence-electron chi connectivity index (χ2n) is 6.67. The molecule has 3 rings (SSSR count). The van der Waals surface area contributed by atoms with Gasteiger partial charge in [0, 0.05) is 17.7 Å². The number of benzene rings is 3. The molecule has 0 saturated heterocycles. The fraction of sp³-hybridized carbons (Fsp3) is 0.130. The lowest BCUT2D eigenvalue weighted by molar-refractivity contribution is -0.384. The van der Waals surface area contributed by atoms with Crippen LogP contribution in [0, 0.1) is 13.7 Å². The van der Waals surface area contributed by atoms with E-state index >= 15 is 0 Å². The van der Waals surface area contributed by atoms with Crippen molar-refractivity contribution in [1.82, 2.24) is 5.43 Å². The van der Waals surface area contributed by atoms with Crippen molar-refractivity contribution >= 4 is 40.4 Å². The maximum Gasteiger partial charge on any atom is 0.271 e. The quantitative estimate of drug-likeness (QED) is 0.178. The number of carbonyl (C=O) groups is 1. The van der Waals surface area contributed by atoms with Crippen molar-refractivity contribution in [2.75, 3.05) is 14.2 Å². The number of amides is 1. The molecule has 0 fully saturated rings. The summed E-state index contributed by atoms with van der Waals surface area (Å²) in [7, 11) is 3.05. The highest BCUT2D eigenvalue weighted by Gasteiger charge is 2.10. The van der Waals surface area contributed by atoms with Gasteiger partial charge in [0.15, 0.2) is 11.5 Å². The molecule has 9 nitrogen and oxygen atoms in total. The van der Waals surface area contributed by atoms with Crippen LogP contribution in [-0.2, 0) is 6.61 Å². The second-order valence-corrected chi connectivity index (χ2v) is 7.84. The van der Waals surface area contributed by atoms with Crippen LogP contribution >= 0.6 is 22.6 Å². The van der Waals surface area contributed by atoms with Crippen LogP contribution in [0.3, 0.4) is 0 Å². The van der Waals surface area contributed by atoms with E-state index in [2.05, 4.69) is 33.1 Å². The minimum Gasteiger partial charge on any atom is -0.496 e. The van der Waals surface area contributed by atoms with Gasteiger partial charge in [-0.1, -0.05) is 12.1 Å². The van der Waals surface area contributed by atoms with Crippen LogP contribution in [0.15, 0.2) is 65.8 Å². The van der Waals surface area contributed by atoms with Crippen LogP contribution < -0.4 is 19.6 Å². The van der Waals surface area contributed by atoms with Gasteiger partial charge in [0.2, 0.25) is 0 Å². The van der Waals surface area contributed by atoms with Crippen LogP contribution in [0.1, 0.15) is 21.5 Å². The fourth-order valence-electron chi connectivity index (χ4n) is 2.84. The first-order valence-electron chi connectivity index (χ1n) is 9.62. The molecule has 0 bridgehead atoms. The predicted octanol–water partition coefficient (Wildman–Crippen LogP) is 4.56. The third-order valence-corrected chi connectivity index (χ3v) is 5.39. The highest BCUT2D eigenvalue weighted by atomic mass is 127. The van der Waals surface area contributed by atoms with Crippen molar-refractivity contribution in [2.24, 2.45) is 5.10 Å². The summed E-state index contributed by atoms with van der Waals surface area (Å²) in [6.45, 7) is 0.140. The van der Waals surface area contributed by atoms with E-state index in [9.17, 15) is 14.9 Å². The van der Waals surface area contributed by atoms with Crippen molar-refractivity contribution in [2.45, 2.75) is 6.61 Å². The van der Waals surface area contributed by atoms with E-state index in [4.69, 9.17) is 14.2 Å². The van der Waals surface area contributed by atoms with E-state index < -0.39 is 4.92 Å². The zero-order valence-corrected chi connectivity index (χ0v) is 19.9. The number of hydrogen-bond acceptors (Lipinski definition) is 7. The van der Waals surface area contributed by atoms with Gasteiger partial charge in [0.25, 0.3) is 11.6 Å². The lowest BCUT2D eigenvalue weighted by Gasteiger charge is -2.11. The number of nitro groups is 1. The topological polar surface area (TPSA) is 112 Å². The third kappa shape index (κ3) is 6.42. The Morgan fingerprint density at radius 2 is 1.85 bits per heavy atom. The Hall–Kier alpha value is -3.67. The highest BCUT2D eigenvalue weighted by Crippen LogP contribution is 2.29. The van der Waals surface area contributed by atoms with Gasteiger partial charge < -0.3 is 14.2 Å². The Morgan fingerprint density at radius 3 is 2.58 bits per heavy atom. The van der Waals surface area contributed by atoms with E-state index in [1.165, 1.54) is 25.5 Å². The average Bonchev–Trinajstić information content (AvgIpc) is 2.83. The van der Waals surface area contributed by atoms with Crippen LogP contribution in [0.2, 0.25) is 0 Å². The Kier molecular flexibility index (Phi) is 8.19. The molecule has 3 aromatic rings. The van der Waals surface area contributed by atoms with E-state index in [1.807, 2.05) is 0 Å². The number of nitrogens with zero attached hydrogens (tertiary/aromatic N) is 2. The molecular weight excluding hydrogens is 541 g/mol. The standard InChI is InChI=1S/C23H20IN3O6/c1-31-21-12-17(7-8-19(21)24)23(28)26-25-13-15-6-9-20(22(11-15)32-2)33-14-16-4-3-5-18(10-16)27(29)30/h3-13H,14H2,1-2H3,(H,26,28)/b25-13-. The van der Waals surface area contributed by atoms with Crippen molar-refractivity contribution < 1.29 is 23.9 Å². The number of methoxy groups -OCH3 is 2. The summed E-state index contributed by atoms with van der Waals surface area (Å²) >= 11 is 2.12. The summed E-state index contributed by atoms with van der Waals surface area (Å²) in [4.78, 5) is 22.8. The van der Waals surface area contributed by atoms with Gasteiger partial charge in [-0.15, -0.1) is 0 Å². The summed E-state index contributed by atoms with van der Waals surface area (Å²) < 4.78 is 17.3. The molecule has 0 aliphatic heterocycles. The normalized spacial score (nSPS) is 10.6. The molecule has 0 atom stereocenters. The number of halogens is 1. The SMILES string of the molecule is COc1cc(C(=O)N/N=C\c2ccc(OCc3cccc([N+](=O)[O-])c3)c(OC)c2)ccc1I. The maximum atomic E-state index is 12.3. The van der Waals surface area contributed by atoms with Gasteiger partial charge in [0.05, 0.1) is 28.9 Å². The Morgan fingerprint density at radius 1 is 1.06 bits per heavy atom. The first-order chi connectivity index (χ1) is 15.9. The summed E-state index contributed by atoms with van der Waals surface area (Å²) in [6.07, 6.45) is 1.48. The van der Waals surface area contributed by atoms with Crippen molar-refractivity contribution in [3.8, 4) is 17.2 Å². The molecule has 0 saturated carbocycles. The predicted molar refractivity (Wildman–Crippen MR) is 131 cm³/mol.